The van der Waals surface area contributed by atoms with Crippen LogP contribution in [0.25, 0.3) is 0 Å². The van der Waals surface area contributed by atoms with Crippen LogP contribution in [0.1, 0.15) is 32.8 Å². The molecule has 0 aromatic heterocycles. The van der Waals surface area contributed by atoms with Crippen LogP contribution in [0, 0.1) is 0 Å². The van der Waals surface area contributed by atoms with Gasteiger partial charge in [-0.1, -0.05) is 46.6 Å². The fourth-order valence-corrected chi connectivity index (χ4v) is 2.02. The average Bonchev–Trinajstić information content (AvgIpc) is 2.16. The van der Waals surface area contributed by atoms with Gasteiger partial charge in [-0.15, -0.1) is 0 Å². The van der Waals surface area contributed by atoms with Crippen molar-refractivity contribution in [2.45, 2.75) is 32.8 Å². The molecule has 1 aromatic carbocycles. The molecular weight excluding hydrogens is 252 g/mol. The predicted molar refractivity (Wildman–Crippen MR) is 67.8 cm³/mol. The lowest BCUT2D eigenvalue weighted by molar-refractivity contribution is 0.0843. The van der Waals surface area contributed by atoms with E-state index in [1.165, 1.54) is 0 Å². The number of aliphatic hydroxyl groups is 1. The van der Waals surface area contributed by atoms with E-state index in [4.69, 9.17) is 0 Å². The first kappa shape index (κ1) is 12.5. The van der Waals surface area contributed by atoms with Crippen LogP contribution in [0.4, 0.5) is 0 Å². The summed E-state index contributed by atoms with van der Waals surface area (Å²) in [6.45, 7) is 5.98. The number of halogens is 1. The number of hydrogen-bond acceptors (Lipinski definition) is 1. The molecule has 1 nitrogen and oxygen atoms in total. The largest absolute Gasteiger partial charge is 0.381 e. The van der Waals surface area contributed by atoms with Gasteiger partial charge in [-0.2, -0.15) is 0 Å². The highest BCUT2D eigenvalue weighted by atomic mass is 79.9. The van der Waals surface area contributed by atoms with Crippen LogP contribution in [0.15, 0.2) is 40.4 Å². The summed E-state index contributed by atoms with van der Waals surface area (Å²) in [6.07, 6.45) is 2.59. The summed E-state index contributed by atoms with van der Waals surface area (Å²) in [5.41, 5.74) is 1.21. The number of benzene rings is 1. The van der Waals surface area contributed by atoms with E-state index in [1.807, 2.05) is 51.1 Å². The lowest BCUT2D eigenvalue weighted by Crippen LogP contribution is -2.22. The maximum absolute atomic E-state index is 10.5. The van der Waals surface area contributed by atoms with Crippen molar-refractivity contribution >= 4 is 15.9 Å². The lowest BCUT2D eigenvalue weighted by Gasteiger charge is -2.24. The molecule has 0 saturated carbocycles. The molecule has 1 unspecified atom stereocenters. The number of allylic oxidation sites excluding steroid dienone is 1. The van der Waals surface area contributed by atoms with Gasteiger partial charge < -0.3 is 5.11 Å². The smallest absolute Gasteiger partial charge is 0.108 e. The third-order valence-electron chi connectivity index (χ3n) is 2.39. The monoisotopic (exact) mass is 268 g/mol. The molecular formula is C13H17BrO. The van der Waals surface area contributed by atoms with Gasteiger partial charge in [0.1, 0.15) is 5.60 Å². The zero-order chi connectivity index (χ0) is 11.5. The first-order valence-corrected chi connectivity index (χ1v) is 5.91. The summed E-state index contributed by atoms with van der Waals surface area (Å²) < 4.78 is 0.994. The normalized spacial score (nSPS) is 14.5. The zero-order valence-corrected chi connectivity index (χ0v) is 11.0. The van der Waals surface area contributed by atoms with Gasteiger partial charge in [-0.3, -0.25) is 0 Å². The Morgan fingerprint density at radius 1 is 1.47 bits per heavy atom. The van der Waals surface area contributed by atoms with Crippen molar-refractivity contribution in [3.05, 3.63) is 46.0 Å². The Bertz CT molecular complexity index is 367. The summed E-state index contributed by atoms with van der Waals surface area (Å²) in [5.74, 6) is 0. The number of rotatable bonds is 3. The highest BCUT2D eigenvalue weighted by Crippen LogP contribution is 2.29. The third kappa shape index (κ3) is 3.18. The van der Waals surface area contributed by atoms with Crippen molar-refractivity contribution in [3.8, 4) is 0 Å². The van der Waals surface area contributed by atoms with Crippen molar-refractivity contribution < 1.29 is 5.11 Å². The molecule has 1 N–H and O–H groups in total. The van der Waals surface area contributed by atoms with Gasteiger partial charge in [0.2, 0.25) is 0 Å². The molecule has 0 radical (unpaired) electrons. The Hall–Kier alpha value is -0.600. The maximum atomic E-state index is 10.5. The first-order chi connectivity index (χ1) is 6.98. The molecule has 0 amide bonds. The minimum absolute atomic E-state index is 0.675. The fourth-order valence-electron chi connectivity index (χ4n) is 1.62. The second-order valence-corrected chi connectivity index (χ2v) is 4.93. The highest BCUT2D eigenvalue weighted by molar-refractivity contribution is 9.10. The topological polar surface area (TPSA) is 20.2 Å². The Labute approximate surface area is 100.0 Å². The second-order valence-electron chi connectivity index (χ2n) is 4.01. The van der Waals surface area contributed by atoms with Gasteiger partial charge in [0.05, 0.1) is 0 Å². The van der Waals surface area contributed by atoms with Crippen LogP contribution >= 0.6 is 15.9 Å². The molecule has 0 spiro atoms. The van der Waals surface area contributed by atoms with Crippen LogP contribution in [0.3, 0.4) is 0 Å². The minimum Gasteiger partial charge on any atom is -0.381 e. The molecule has 2 heteroatoms. The summed E-state index contributed by atoms with van der Waals surface area (Å²) in [7, 11) is 0. The van der Waals surface area contributed by atoms with Crippen LogP contribution in [0.2, 0.25) is 0 Å². The Balaban J connectivity index is 3.17. The lowest BCUT2D eigenvalue weighted by atomic mass is 9.89. The van der Waals surface area contributed by atoms with Crippen molar-refractivity contribution in [2.24, 2.45) is 0 Å². The van der Waals surface area contributed by atoms with Crippen LogP contribution in [0.5, 0.6) is 0 Å². The van der Waals surface area contributed by atoms with Crippen molar-refractivity contribution in [1.82, 2.24) is 0 Å². The van der Waals surface area contributed by atoms with Gasteiger partial charge in [-0.05, 0) is 38.0 Å². The van der Waals surface area contributed by atoms with Crippen LogP contribution in [-0.4, -0.2) is 5.11 Å². The highest BCUT2D eigenvalue weighted by Gasteiger charge is 2.23. The van der Waals surface area contributed by atoms with Crippen molar-refractivity contribution in [2.75, 3.05) is 0 Å². The zero-order valence-electron chi connectivity index (χ0n) is 9.42. The molecule has 1 rings (SSSR count). The molecule has 1 atom stereocenters. The molecule has 82 valence electrons. The molecule has 0 aliphatic rings. The average molecular weight is 269 g/mol. The molecule has 0 aliphatic carbocycles. The molecule has 0 aliphatic heterocycles. The molecule has 0 saturated heterocycles. The molecule has 1 aromatic rings. The quantitative estimate of drug-likeness (QED) is 0.822. The van der Waals surface area contributed by atoms with E-state index in [0.29, 0.717) is 6.42 Å². The summed E-state index contributed by atoms with van der Waals surface area (Å²) in [5, 5.41) is 10.5. The van der Waals surface area contributed by atoms with Crippen molar-refractivity contribution in [1.29, 1.82) is 0 Å². The van der Waals surface area contributed by atoms with E-state index in [1.54, 1.807) is 0 Å². The van der Waals surface area contributed by atoms with E-state index in [0.717, 1.165) is 15.6 Å². The first-order valence-electron chi connectivity index (χ1n) is 5.12. The van der Waals surface area contributed by atoms with E-state index in [9.17, 15) is 5.11 Å². The van der Waals surface area contributed by atoms with Gasteiger partial charge in [0, 0.05) is 4.47 Å². The summed E-state index contributed by atoms with van der Waals surface area (Å²) in [6, 6.07) is 7.82. The Morgan fingerprint density at radius 2 is 2.13 bits per heavy atom. The van der Waals surface area contributed by atoms with Gasteiger partial charge in [0.15, 0.2) is 0 Å². The SMILES string of the molecule is CCC(O)(C=C(C)C)c1cccc(Br)c1. The van der Waals surface area contributed by atoms with Crippen LogP contribution in [-0.2, 0) is 5.60 Å². The molecule has 0 bridgehead atoms. The van der Waals surface area contributed by atoms with Gasteiger partial charge >= 0.3 is 0 Å². The summed E-state index contributed by atoms with van der Waals surface area (Å²) >= 11 is 3.42. The fraction of sp³-hybridized carbons (Fsp3) is 0.385. The molecule has 15 heavy (non-hydrogen) atoms. The minimum atomic E-state index is -0.845. The van der Waals surface area contributed by atoms with Gasteiger partial charge in [0.25, 0.3) is 0 Å². The van der Waals surface area contributed by atoms with E-state index >= 15 is 0 Å². The Kier molecular flexibility index (Phi) is 4.12. The van der Waals surface area contributed by atoms with Crippen molar-refractivity contribution in [3.63, 3.8) is 0 Å². The van der Waals surface area contributed by atoms with E-state index < -0.39 is 5.60 Å². The predicted octanol–water partition coefficient (Wildman–Crippen LogP) is 4.01. The Morgan fingerprint density at radius 3 is 2.60 bits per heavy atom. The van der Waals surface area contributed by atoms with E-state index in [2.05, 4.69) is 15.9 Å². The maximum Gasteiger partial charge on any atom is 0.108 e. The molecule has 0 fully saturated rings. The van der Waals surface area contributed by atoms with E-state index in [-0.39, 0.29) is 0 Å². The van der Waals surface area contributed by atoms with Gasteiger partial charge in [-0.25, -0.2) is 0 Å². The standard InChI is InChI=1S/C13H17BrO/c1-4-13(15,9-10(2)3)11-6-5-7-12(14)8-11/h5-9,15H,4H2,1-3H3. The third-order valence-corrected chi connectivity index (χ3v) is 2.88. The number of hydrogen-bond donors (Lipinski definition) is 1. The molecule has 0 heterocycles. The summed E-state index contributed by atoms with van der Waals surface area (Å²) in [4.78, 5) is 0. The van der Waals surface area contributed by atoms with Crippen LogP contribution < -0.4 is 0 Å². The second kappa shape index (κ2) is 4.95.